The maximum absolute atomic E-state index is 12.7. The summed E-state index contributed by atoms with van der Waals surface area (Å²) in [5, 5.41) is 9.76. The van der Waals surface area contributed by atoms with Crippen LogP contribution in [-0.4, -0.2) is 30.9 Å². The molecule has 0 fully saturated rings. The topological polar surface area (TPSA) is 90.5 Å². The third-order valence-electron chi connectivity index (χ3n) is 3.72. The Hall–Kier alpha value is -2.82. The fourth-order valence-corrected chi connectivity index (χ4v) is 2.73. The molecule has 0 radical (unpaired) electrons. The summed E-state index contributed by atoms with van der Waals surface area (Å²) < 4.78 is 16.9. The number of methoxy groups -OCH3 is 1. The van der Waals surface area contributed by atoms with Crippen molar-refractivity contribution in [2.75, 3.05) is 20.3 Å². The molecule has 0 aliphatic heterocycles. The van der Waals surface area contributed by atoms with E-state index in [1.165, 1.54) is 19.4 Å². The maximum Gasteiger partial charge on any atom is 0.357 e. The van der Waals surface area contributed by atoms with Crippen molar-refractivity contribution < 1.29 is 19.0 Å². The number of carbonyl (C=O) groups excluding carboxylic acids is 1. The summed E-state index contributed by atoms with van der Waals surface area (Å²) in [6.45, 7) is 3.72. The predicted octanol–water partition coefficient (Wildman–Crippen LogP) is 3.15. The summed E-state index contributed by atoms with van der Waals surface area (Å²) in [4.78, 5) is 24.9. The first kappa shape index (κ1) is 20.5. The fraction of sp³-hybridized carbons (Fsp3) is 0.316. The molecule has 0 bridgehead atoms. The number of carbonyl (C=O) groups is 1. The Labute approximate surface area is 161 Å². The number of halogens is 1. The Kier molecular flexibility index (Phi) is 6.99. The molecule has 142 valence electrons. The first-order valence-electron chi connectivity index (χ1n) is 8.25. The van der Waals surface area contributed by atoms with Gasteiger partial charge in [0.2, 0.25) is 6.23 Å². The number of esters is 1. The molecule has 2 rings (SSSR count). The molecule has 1 atom stereocenters. The Balaban J connectivity index is 2.65. The average molecular weight is 391 g/mol. The first-order chi connectivity index (χ1) is 13.0. The molecule has 1 heterocycles. The molecule has 0 amide bonds. The van der Waals surface area contributed by atoms with Crippen LogP contribution in [0.5, 0.6) is 5.75 Å². The number of hydrogen-bond acceptors (Lipinski definition) is 6. The van der Waals surface area contributed by atoms with E-state index in [4.69, 9.17) is 25.8 Å². The van der Waals surface area contributed by atoms with Crippen molar-refractivity contribution >= 4 is 17.6 Å². The molecule has 8 heteroatoms. The van der Waals surface area contributed by atoms with Gasteiger partial charge in [-0.25, -0.2) is 4.79 Å². The van der Waals surface area contributed by atoms with E-state index in [2.05, 4.69) is 6.07 Å². The molecule has 7 nitrogen and oxygen atoms in total. The van der Waals surface area contributed by atoms with Crippen LogP contribution in [0.25, 0.3) is 11.1 Å². The van der Waals surface area contributed by atoms with Crippen molar-refractivity contribution in [1.82, 2.24) is 4.57 Å². The van der Waals surface area contributed by atoms with Gasteiger partial charge in [0.15, 0.2) is 0 Å². The lowest BCUT2D eigenvalue weighted by Crippen LogP contribution is -2.32. The monoisotopic (exact) mass is 390 g/mol. The van der Waals surface area contributed by atoms with Crippen LogP contribution in [0, 0.1) is 11.3 Å². The highest BCUT2D eigenvalue weighted by atomic mass is 35.5. The Morgan fingerprint density at radius 1 is 1.26 bits per heavy atom. The van der Waals surface area contributed by atoms with Crippen molar-refractivity contribution in [2.45, 2.75) is 20.1 Å². The van der Waals surface area contributed by atoms with Crippen LogP contribution >= 0.6 is 11.6 Å². The molecule has 1 unspecified atom stereocenters. The molecular weight excluding hydrogens is 372 g/mol. The minimum atomic E-state index is -1.24. The van der Waals surface area contributed by atoms with E-state index in [1.54, 1.807) is 32.0 Å². The largest absolute Gasteiger partial charge is 0.495 e. The van der Waals surface area contributed by atoms with Gasteiger partial charge in [-0.05, 0) is 32.0 Å². The van der Waals surface area contributed by atoms with Crippen LogP contribution in [0.4, 0.5) is 0 Å². The Bertz CT molecular complexity index is 933. The molecule has 0 N–H and O–H groups in total. The summed E-state index contributed by atoms with van der Waals surface area (Å²) in [7, 11) is 1.42. The van der Waals surface area contributed by atoms with E-state index in [0.29, 0.717) is 21.7 Å². The van der Waals surface area contributed by atoms with Gasteiger partial charge in [-0.1, -0.05) is 11.6 Å². The lowest BCUT2D eigenvalue weighted by molar-refractivity contribution is -0.163. The second-order valence-corrected chi connectivity index (χ2v) is 5.80. The molecular formula is C19H19ClN2O5. The molecule has 27 heavy (non-hydrogen) atoms. The van der Waals surface area contributed by atoms with Crippen LogP contribution in [0.2, 0.25) is 5.02 Å². The minimum Gasteiger partial charge on any atom is -0.495 e. The molecule has 0 saturated carbocycles. The summed E-state index contributed by atoms with van der Waals surface area (Å²) in [6.07, 6.45) is 0.122. The van der Waals surface area contributed by atoms with Gasteiger partial charge in [0.05, 0.1) is 31.5 Å². The number of ether oxygens (including phenoxy) is 3. The number of benzene rings is 1. The van der Waals surface area contributed by atoms with Crippen molar-refractivity contribution in [3.05, 3.63) is 51.4 Å². The molecule has 0 aliphatic rings. The van der Waals surface area contributed by atoms with Gasteiger partial charge in [-0.3, -0.25) is 9.36 Å². The summed E-state index contributed by atoms with van der Waals surface area (Å²) in [6, 6.07) is 8.06. The Morgan fingerprint density at radius 3 is 2.59 bits per heavy atom. The molecule has 0 spiro atoms. The van der Waals surface area contributed by atoms with E-state index in [-0.39, 0.29) is 19.0 Å². The maximum atomic E-state index is 12.7. The number of aromatic nitrogens is 1. The average Bonchev–Trinajstić information content (AvgIpc) is 2.66. The van der Waals surface area contributed by atoms with Crippen LogP contribution in [0.15, 0.2) is 35.3 Å². The quantitative estimate of drug-likeness (QED) is 0.674. The number of rotatable bonds is 7. The zero-order valence-electron chi connectivity index (χ0n) is 15.2. The molecule has 1 aromatic heterocycles. The highest BCUT2D eigenvalue weighted by Gasteiger charge is 2.25. The molecule has 1 aromatic carbocycles. The number of nitriles is 1. The van der Waals surface area contributed by atoms with Crippen molar-refractivity contribution in [2.24, 2.45) is 0 Å². The van der Waals surface area contributed by atoms with Crippen LogP contribution in [0.1, 0.15) is 25.6 Å². The van der Waals surface area contributed by atoms with Gasteiger partial charge < -0.3 is 14.2 Å². The molecule has 0 aliphatic carbocycles. The normalized spacial score (nSPS) is 11.5. The lowest BCUT2D eigenvalue weighted by atomic mass is 10.0. The minimum absolute atomic E-state index is 0.153. The summed E-state index contributed by atoms with van der Waals surface area (Å²) >= 11 is 6.04. The first-order valence-corrected chi connectivity index (χ1v) is 8.63. The van der Waals surface area contributed by atoms with Crippen LogP contribution in [0.3, 0.4) is 0 Å². The van der Waals surface area contributed by atoms with E-state index in [1.807, 2.05) is 0 Å². The number of pyridine rings is 1. The number of nitrogens with zero attached hydrogens (tertiary/aromatic N) is 2. The van der Waals surface area contributed by atoms with Gasteiger partial charge >= 0.3 is 5.97 Å². The molecule has 0 saturated heterocycles. The zero-order chi connectivity index (χ0) is 20.0. The van der Waals surface area contributed by atoms with Crippen LogP contribution in [-0.2, 0) is 14.3 Å². The highest BCUT2D eigenvalue weighted by Crippen LogP contribution is 2.33. The third kappa shape index (κ3) is 4.48. The van der Waals surface area contributed by atoms with Crippen molar-refractivity contribution in [3.63, 3.8) is 0 Å². The van der Waals surface area contributed by atoms with Crippen LogP contribution < -0.4 is 10.3 Å². The standard InChI is InChI=1S/C19H19ClN2O5/c1-4-26-18(19(24)27-5-2)22-11-16(25-3)15(9-17(22)23)14-8-13(20)7-6-12(14)10-21/h6-9,11,18H,4-5H2,1-3H3. The van der Waals surface area contributed by atoms with Gasteiger partial charge in [-0.2, -0.15) is 5.26 Å². The summed E-state index contributed by atoms with van der Waals surface area (Å²) in [5.41, 5.74) is 0.662. The predicted molar refractivity (Wildman–Crippen MR) is 99.7 cm³/mol. The van der Waals surface area contributed by atoms with Gasteiger partial charge in [0.1, 0.15) is 5.75 Å². The van der Waals surface area contributed by atoms with Crippen molar-refractivity contribution in [1.29, 1.82) is 5.26 Å². The number of hydrogen-bond donors (Lipinski definition) is 0. The van der Waals surface area contributed by atoms with E-state index in [0.717, 1.165) is 4.57 Å². The van der Waals surface area contributed by atoms with Crippen molar-refractivity contribution in [3.8, 4) is 22.9 Å². The van der Waals surface area contributed by atoms with Gasteiger partial charge in [0, 0.05) is 28.8 Å². The highest BCUT2D eigenvalue weighted by molar-refractivity contribution is 6.31. The summed E-state index contributed by atoms with van der Waals surface area (Å²) in [5.74, 6) is -0.404. The smallest absolute Gasteiger partial charge is 0.357 e. The van der Waals surface area contributed by atoms with E-state index in [9.17, 15) is 14.9 Å². The lowest BCUT2D eigenvalue weighted by Gasteiger charge is -2.20. The Morgan fingerprint density at radius 2 is 2.00 bits per heavy atom. The van der Waals surface area contributed by atoms with E-state index >= 15 is 0 Å². The SMILES string of the molecule is CCOC(=O)C(OCC)n1cc(OC)c(-c2cc(Cl)ccc2C#N)cc1=O. The van der Waals surface area contributed by atoms with Gasteiger partial charge in [0.25, 0.3) is 5.56 Å². The second-order valence-electron chi connectivity index (χ2n) is 5.36. The molecule has 2 aromatic rings. The van der Waals surface area contributed by atoms with E-state index < -0.39 is 17.8 Å². The van der Waals surface area contributed by atoms with Gasteiger partial charge in [-0.15, -0.1) is 0 Å². The fourth-order valence-electron chi connectivity index (χ4n) is 2.56. The third-order valence-corrected chi connectivity index (χ3v) is 3.96. The zero-order valence-corrected chi connectivity index (χ0v) is 15.9. The second kappa shape index (κ2) is 9.21.